The molecule has 0 unspecified atom stereocenters. The highest BCUT2D eigenvalue weighted by Crippen LogP contribution is 2.22. The Morgan fingerprint density at radius 2 is 1.65 bits per heavy atom. The molecule has 2 N–H and O–H groups in total. The van der Waals surface area contributed by atoms with Crippen molar-refractivity contribution in [3.8, 4) is 5.75 Å². The maximum absolute atomic E-state index is 12.4. The van der Waals surface area contributed by atoms with Crippen molar-refractivity contribution in [1.29, 1.82) is 0 Å². The number of benzene rings is 2. The fraction of sp³-hybridized carbons (Fsp3) is 0.375. The van der Waals surface area contributed by atoms with E-state index in [1.807, 2.05) is 30.3 Å². The van der Waals surface area contributed by atoms with E-state index in [4.69, 9.17) is 9.47 Å². The Bertz CT molecular complexity index is 916. The molecule has 0 aliphatic heterocycles. The molecule has 0 aromatic heterocycles. The molecule has 0 radical (unpaired) electrons. The Kier molecular flexibility index (Phi) is 8.19. The lowest BCUT2D eigenvalue weighted by atomic mass is 9.86. The largest absolute Gasteiger partial charge is 0.496 e. The third-order valence-corrected chi connectivity index (χ3v) is 4.73. The predicted molar refractivity (Wildman–Crippen MR) is 118 cm³/mol. The second-order valence-corrected chi connectivity index (χ2v) is 8.22. The number of nitrogens with one attached hydrogen (secondary N) is 2. The van der Waals surface area contributed by atoms with Crippen LogP contribution in [0.4, 0.5) is 0 Å². The Balaban J connectivity index is 1.79. The van der Waals surface area contributed by atoms with Crippen LogP contribution in [-0.2, 0) is 26.3 Å². The van der Waals surface area contributed by atoms with Gasteiger partial charge < -0.3 is 20.1 Å². The highest BCUT2D eigenvalue weighted by Gasteiger charge is 2.20. The average Bonchev–Trinajstić information content (AvgIpc) is 2.75. The van der Waals surface area contributed by atoms with E-state index >= 15 is 0 Å². The van der Waals surface area contributed by atoms with Gasteiger partial charge in [-0.15, -0.1) is 0 Å². The number of rotatable bonds is 8. The minimum absolute atomic E-state index is 0.0156. The summed E-state index contributed by atoms with van der Waals surface area (Å²) in [5.74, 6) is -0.861. The molecule has 1 atom stereocenters. The zero-order valence-electron chi connectivity index (χ0n) is 18.7. The van der Waals surface area contributed by atoms with Crippen LogP contribution < -0.4 is 15.4 Å². The maximum Gasteiger partial charge on any atom is 0.328 e. The number of hydrogen-bond acceptors (Lipinski definition) is 5. The van der Waals surface area contributed by atoms with Crippen LogP contribution in [0.1, 0.15) is 49.2 Å². The Morgan fingerprint density at radius 3 is 2.26 bits per heavy atom. The molecular weight excluding hydrogens is 396 g/mol. The number of carbonyl (C=O) groups is 3. The second-order valence-electron chi connectivity index (χ2n) is 8.22. The Morgan fingerprint density at radius 1 is 1.00 bits per heavy atom. The fourth-order valence-corrected chi connectivity index (χ4v) is 2.82. The summed E-state index contributed by atoms with van der Waals surface area (Å²) in [6.45, 7) is 7.59. The molecule has 2 aromatic rings. The van der Waals surface area contributed by atoms with Gasteiger partial charge in [0, 0.05) is 17.7 Å². The lowest BCUT2D eigenvalue weighted by Crippen LogP contribution is -2.41. The number of hydrogen-bond donors (Lipinski definition) is 2. The van der Waals surface area contributed by atoms with Crippen molar-refractivity contribution < 1.29 is 23.9 Å². The molecule has 31 heavy (non-hydrogen) atoms. The molecule has 0 spiro atoms. The van der Waals surface area contributed by atoms with Crippen molar-refractivity contribution >= 4 is 17.8 Å². The van der Waals surface area contributed by atoms with E-state index in [0.717, 1.165) is 11.1 Å². The zero-order chi connectivity index (χ0) is 23.0. The first-order valence-corrected chi connectivity index (χ1v) is 10.1. The van der Waals surface area contributed by atoms with Crippen LogP contribution in [0.3, 0.4) is 0 Å². The number of esters is 1. The van der Waals surface area contributed by atoms with E-state index < -0.39 is 24.5 Å². The monoisotopic (exact) mass is 426 g/mol. The van der Waals surface area contributed by atoms with Gasteiger partial charge in [0.1, 0.15) is 11.8 Å². The summed E-state index contributed by atoms with van der Waals surface area (Å²) in [5.41, 5.74) is 2.35. The van der Waals surface area contributed by atoms with E-state index in [1.165, 1.54) is 6.92 Å². The summed E-state index contributed by atoms with van der Waals surface area (Å²) in [4.78, 5) is 36.5. The Labute approximate surface area is 183 Å². The molecule has 166 valence electrons. The number of carbonyl (C=O) groups excluding carboxylic acids is 3. The quantitative estimate of drug-likeness (QED) is 0.633. The van der Waals surface area contributed by atoms with E-state index in [9.17, 15) is 14.4 Å². The molecule has 2 rings (SSSR count). The van der Waals surface area contributed by atoms with Gasteiger partial charge in [0.05, 0.1) is 7.11 Å². The van der Waals surface area contributed by atoms with Gasteiger partial charge in [-0.1, -0.05) is 51.1 Å². The van der Waals surface area contributed by atoms with Crippen LogP contribution >= 0.6 is 0 Å². The highest BCUT2D eigenvalue weighted by atomic mass is 16.5. The van der Waals surface area contributed by atoms with Crippen LogP contribution in [0.2, 0.25) is 0 Å². The molecule has 0 aliphatic rings. The van der Waals surface area contributed by atoms with Gasteiger partial charge in [-0.05, 0) is 36.1 Å². The number of methoxy groups -OCH3 is 1. The lowest BCUT2D eigenvalue weighted by molar-refractivity contribution is -0.150. The van der Waals surface area contributed by atoms with Gasteiger partial charge in [0.2, 0.25) is 0 Å². The zero-order valence-corrected chi connectivity index (χ0v) is 18.7. The smallest absolute Gasteiger partial charge is 0.328 e. The summed E-state index contributed by atoms with van der Waals surface area (Å²) in [6.07, 6.45) is 0. The van der Waals surface area contributed by atoms with Crippen LogP contribution in [0.5, 0.6) is 5.75 Å². The standard InChI is InChI=1S/C24H30N2O5/c1-16(26-22(28)17-10-12-19(13-11-17)24(2,3)4)23(29)31-15-21(27)25-14-18-8-6-7-9-20(18)30-5/h6-13,16H,14-15H2,1-5H3,(H,25,27)(H,26,28)/t16-/m0/s1. The molecule has 0 aliphatic carbocycles. The molecule has 2 amide bonds. The number of para-hydroxylation sites is 1. The van der Waals surface area contributed by atoms with Crippen molar-refractivity contribution in [3.05, 3.63) is 65.2 Å². The third kappa shape index (κ3) is 7.13. The van der Waals surface area contributed by atoms with Crippen LogP contribution in [0.25, 0.3) is 0 Å². The van der Waals surface area contributed by atoms with Crippen molar-refractivity contribution in [1.82, 2.24) is 10.6 Å². The Hall–Kier alpha value is -3.35. The van der Waals surface area contributed by atoms with Crippen molar-refractivity contribution in [2.75, 3.05) is 13.7 Å². The van der Waals surface area contributed by atoms with Crippen molar-refractivity contribution in [3.63, 3.8) is 0 Å². The first kappa shape index (κ1) is 23.9. The van der Waals surface area contributed by atoms with Gasteiger partial charge in [0.15, 0.2) is 6.61 Å². The fourth-order valence-electron chi connectivity index (χ4n) is 2.82. The molecule has 2 aromatic carbocycles. The summed E-state index contributed by atoms with van der Waals surface area (Å²) >= 11 is 0. The molecule has 7 heteroatoms. The van der Waals surface area contributed by atoms with E-state index in [-0.39, 0.29) is 17.9 Å². The van der Waals surface area contributed by atoms with Gasteiger partial charge in [0.25, 0.3) is 11.8 Å². The molecule has 0 saturated carbocycles. The lowest BCUT2D eigenvalue weighted by Gasteiger charge is -2.19. The molecule has 0 fully saturated rings. The normalized spacial score (nSPS) is 11.9. The average molecular weight is 427 g/mol. The molecule has 0 saturated heterocycles. The topological polar surface area (TPSA) is 93.7 Å². The number of amides is 2. The van der Waals surface area contributed by atoms with Crippen molar-refractivity contribution in [2.24, 2.45) is 0 Å². The first-order chi connectivity index (χ1) is 14.6. The summed E-state index contributed by atoms with van der Waals surface area (Å²) < 4.78 is 10.2. The van der Waals surface area contributed by atoms with E-state index in [1.54, 1.807) is 25.3 Å². The van der Waals surface area contributed by atoms with E-state index in [0.29, 0.717) is 11.3 Å². The molecular formula is C24H30N2O5. The van der Waals surface area contributed by atoms with E-state index in [2.05, 4.69) is 31.4 Å². The van der Waals surface area contributed by atoms with Crippen molar-refractivity contribution in [2.45, 2.75) is 45.7 Å². The van der Waals surface area contributed by atoms with Crippen LogP contribution in [0, 0.1) is 0 Å². The van der Waals surface area contributed by atoms with Gasteiger partial charge in [-0.3, -0.25) is 9.59 Å². The minimum atomic E-state index is -0.892. The minimum Gasteiger partial charge on any atom is -0.496 e. The molecule has 7 nitrogen and oxygen atoms in total. The van der Waals surface area contributed by atoms with Gasteiger partial charge in [-0.25, -0.2) is 4.79 Å². The van der Waals surface area contributed by atoms with Gasteiger partial charge >= 0.3 is 5.97 Å². The predicted octanol–water partition coefficient (Wildman–Crippen LogP) is 2.97. The maximum atomic E-state index is 12.4. The van der Waals surface area contributed by atoms with Crippen LogP contribution in [0.15, 0.2) is 48.5 Å². The third-order valence-electron chi connectivity index (χ3n) is 4.73. The second kappa shape index (κ2) is 10.6. The first-order valence-electron chi connectivity index (χ1n) is 10.1. The SMILES string of the molecule is COc1ccccc1CNC(=O)COC(=O)[C@H](C)NC(=O)c1ccc(C(C)(C)C)cc1. The van der Waals surface area contributed by atoms with Crippen LogP contribution in [-0.4, -0.2) is 37.5 Å². The summed E-state index contributed by atoms with van der Waals surface area (Å²) in [7, 11) is 1.55. The summed E-state index contributed by atoms with van der Waals surface area (Å²) in [5, 5.41) is 5.26. The summed E-state index contributed by atoms with van der Waals surface area (Å²) in [6, 6.07) is 13.6. The highest BCUT2D eigenvalue weighted by molar-refractivity contribution is 5.96. The molecule has 0 heterocycles. The van der Waals surface area contributed by atoms with Gasteiger partial charge in [-0.2, -0.15) is 0 Å². The number of ether oxygens (including phenoxy) is 2. The molecule has 0 bridgehead atoms.